The summed E-state index contributed by atoms with van der Waals surface area (Å²) in [5, 5.41) is 16.7. The molecule has 0 amide bonds. The minimum atomic E-state index is 0.256. The van der Waals surface area contributed by atoms with Crippen molar-refractivity contribution < 1.29 is 13.8 Å². The molecule has 0 unspecified atom stereocenters. The summed E-state index contributed by atoms with van der Waals surface area (Å²) in [6.45, 7) is 1.80. The molecule has 9 heteroatoms. The fraction of sp³-hybridized carbons (Fsp3) is 0.118. The van der Waals surface area contributed by atoms with Crippen LogP contribution in [0.5, 0.6) is 0 Å². The van der Waals surface area contributed by atoms with Gasteiger partial charge >= 0.3 is 0 Å². The molecular weight excluding hydrogens is 583 g/mol. The average molecular weight is 612 g/mol. The first kappa shape index (κ1) is 28.6. The van der Waals surface area contributed by atoms with Gasteiger partial charge in [0.25, 0.3) is 0 Å². The Labute approximate surface area is 259 Å². The quantitative estimate of drug-likeness (QED) is 0.143. The van der Waals surface area contributed by atoms with E-state index in [4.69, 9.17) is 37.0 Å². The number of halogens is 2. The van der Waals surface area contributed by atoms with Crippen molar-refractivity contribution in [2.24, 2.45) is 0 Å². The molecule has 0 aliphatic heterocycles. The van der Waals surface area contributed by atoms with E-state index in [-0.39, 0.29) is 13.2 Å². The summed E-state index contributed by atoms with van der Waals surface area (Å²) < 4.78 is 16.8. The maximum absolute atomic E-state index is 6.25. The molecule has 7 nitrogen and oxygen atoms in total. The SMILES string of the molecule is Clc1ccccc1CNc1ccc(-c2cc(COCc3cc(-c4ccc(NCc5ccccc5Cl)cc4)no3)on2)cc1. The number of rotatable bonds is 12. The van der Waals surface area contributed by atoms with Crippen molar-refractivity contribution in [3.05, 3.63) is 142 Å². The average Bonchev–Trinajstić information content (AvgIpc) is 3.71. The van der Waals surface area contributed by atoms with Gasteiger partial charge in [-0.15, -0.1) is 0 Å². The Kier molecular flexibility index (Phi) is 9.04. The summed E-state index contributed by atoms with van der Waals surface area (Å²) >= 11 is 12.5. The maximum atomic E-state index is 6.25. The molecule has 0 fully saturated rings. The number of benzene rings is 4. The number of hydrogen-bond acceptors (Lipinski definition) is 7. The van der Waals surface area contributed by atoms with Crippen molar-refractivity contribution >= 4 is 34.6 Å². The van der Waals surface area contributed by atoms with E-state index in [2.05, 4.69) is 20.9 Å². The minimum Gasteiger partial charge on any atom is -0.381 e. The van der Waals surface area contributed by atoms with Crippen LogP contribution in [-0.4, -0.2) is 10.3 Å². The zero-order chi connectivity index (χ0) is 29.4. The van der Waals surface area contributed by atoms with E-state index in [0.717, 1.165) is 55.1 Å². The van der Waals surface area contributed by atoms with Gasteiger partial charge in [-0.2, -0.15) is 0 Å². The molecule has 0 saturated heterocycles. The van der Waals surface area contributed by atoms with Crippen LogP contribution < -0.4 is 10.6 Å². The number of hydrogen-bond donors (Lipinski definition) is 2. The summed E-state index contributed by atoms with van der Waals surface area (Å²) in [4.78, 5) is 0. The van der Waals surface area contributed by atoms with E-state index < -0.39 is 0 Å². The molecular formula is C34H28Cl2N4O3. The molecule has 216 valence electrons. The Bertz CT molecular complexity index is 1650. The number of nitrogens with zero attached hydrogens (tertiary/aromatic N) is 2. The van der Waals surface area contributed by atoms with Crippen LogP contribution in [0.25, 0.3) is 22.5 Å². The van der Waals surface area contributed by atoms with Crippen LogP contribution in [0.1, 0.15) is 22.6 Å². The largest absolute Gasteiger partial charge is 0.381 e. The molecule has 0 bridgehead atoms. The molecule has 2 heterocycles. The summed E-state index contributed by atoms with van der Waals surface area (Å²) in [5.74, 6) is 1.24. The molecule has 6 aromatic rings. The zero-order valence-corrected chi connectivity index (χ0v) is 24.6. The second kappa shape index (κ2) is 13.6. The molecule has 2 N–H and O–H groups in total. The zero-order valence-electron chi connectivity index (χ0n) is 23.1. The topological polar surface area (TPSA) is 85.4 Å². The second-order valence-corrected chi connectivity index (χ2v) is 10.7. The van der Waals surface area contributed by atoms with E-state index in [1.54, 1.807) is 0 Å². The Morgan fingerprint density at radius 1 is 0.558 bits per heavy atom. The normalized spacial score (nSPS) is 11.0. The van der Waals surface area contributed by atoms with Gasteiger partial charge in [0.15, 0.2) is 11.5 Å². The highest BCUT2D eigenvalue weighted by atomic mass is 35.5. The van der Waals surface area contributed by atoms with Crippen LogP contribution >= 0.6 is 23.2 Å². The highest BCUT2D eigenvalue weighted by Gasteiger charge is 2.10. The first-order valence-corrected chi connectivity index (χ1v) is 14.5. The molecule has 0 atom stereocenters. The van der Waals surface area contributed by atoms with Crippen LogP contribution in [0.15, 0.2) is 118 Å². The van der Waals surface area contributed by atoms with E-state index >= 15 is 0 Å². The highest BCUT2D eigenvalue weighted by molar-refractivity contribution is 6.31. The van der Waals surface area contributed by atoms with E-state index in [9.17, 15) is 0 Å². The van der Waals surface area contributed by atoms with Crippen LogP contribution in [0.2, 0.25) is 10.0 Å². The summed E-state index contributed by atoms with van der Waals surface area (Å²) in [6, 6.07) is 35.3. The van der Waals surface area contributed by atoms with Crippen LogP contribution in [-0.2, 0) is 31.0 Å². The monoisotopic (exact) mass is 610 g/mol. The van der Waals surface area contributed by atoms with Crippen molar-refractivity contribution in [1.82, 2.24) is 10.3 Å². The van der Waals surface area contributed by atoms with Gasteiger partial charge in [0.1, 0.15) is 24.6 Å². The number of nitrogens with one attached hydrogen (secondary N) is 2. The molecule has 0 aliphatic rings. The number of aromatic nitrogens is 2. The Morgan fingerprint density at radius 2 is 0.977 bits per heavy atom. The van der Waals surface area contributed by atoms with Gasteiger partial charge < -0.3 is 24.4 Å². The van der Waals surface area contributed by atoms with Crippen LogP contribution in [0.4, 0.5) is 11.4 Å². The van der Waals surface area contributed by atoms with Crippen molar-refractivity contribution in [3.63, 3.8) is 0 Å². The van der Waals surface area contributed by atoms with Gasteiger partial charge in [-0.25, -0.2) is 0 Å². The molecule has 43 heavy (non-hydrogen) atoms. The predicted molar refractivity (Wildman–Crippen MR) is 170 cm³/mol. The predicted octanol–water partition coefficient (Wildman–Crippen LogP) is 9.24. The fourth-order valence-corrected chi connectivity index (χ4v) is 4.89. The minimum absolute atomic E-state index is 0.256. The van der Waals surface area contributed by atoms with E-state index in [1.165, 1.54) is 0 Å². The number of anilines is 2. The lowest BCUT2D eigenvalue weighted by molar-refractivity contribution is 0.0727. The van der Waals surface area contributed by atoms with Crippen molar-refractivity contribution in [2.75, 3.05) is 10.6 Å². The van der Waals surface area contributed by atoms with E-state index in [0.29, 0.717) is 24.6 Å². The molecule has 4 aromatic carbocycles. The van der Waals surface area contributed by atoms with Crippen molar-refractivity contribution in [3.8, 4) is 22.5 Å². The van der Waals surface area contributed by atoms with Gasteiger partial charge in [-0.05, 0) is 47.5 Å². The third-order valence-corrected chi connectivity index (χ3v) is 7.59. The van der Waals surface area contributed by atoms with Gasteiger partial charge in [-0.1, -0.05) is 94.2 Å². The summed E-state index contributed by atoms with van der Waals surface area (Å²) in [6.07, 6.45) is 0. The first-order valence-electron chi connectivity index (χ1n) is 13.7. The highest BCUT2D eigenvalue weighted by Crippen LogP contribution is 2.25. The molecule has 2 aromatic heterocycles. The molecule has 0 spiro atoms. The summed E-state index contributed by atoms with van der Waals surface area (Å²) in [5.41, 5.74) is 7.44. The first-order chi connectivity index (χ1) is 21.1. The fourth-order valence-electron chi connectivity index (χ4n) is 4.48. The Morgan fingerprint density at radius 3 is 1.40 bits per heavy atom. The maximum Gasteiger partial charge on any atom is 0.163 e. The van der Waals surface area contributed by atoms with E-state index in [1.807, 2.05) is 109 Å². The second-order valence-electron chi connectivity index (χ2n) is 9.89. The van der Waals surface area contributed by atoms with Crippen molar-refractivity contribution in [1.29, 1.82) is 0 Å². The van der Waals surface area contributed by atoms with Gasteiger partial charge in [0.05, 0.1) is 0 Å². The molecule has 0 aliphatic carbocycles. The van der Waals surface area contributed by atoms with Gasteiger partial charge in [0.2, 0.25) is 0 Å². The standard InChI is InChI=1S/C34H28Cl2N4O3/c35-31-7-3-1-5-25(31)19-37-27-13-9-23(10-14-27)33-17-29(42-39-33)21-41-22-30-18-34(40-43-30)24-11-15-28(16-12-24)38-20-26-6-2-4-8-32(26)36/h1-18,37-38H,19-22H2. The molecule has 0 radical (unpaired) electrons. The molecule has 6 rings (SSSR count). The lowest BCUT2D eigenvalue weighted by Crippen LogP contribution is -1.99. The lowest BCUT2D eigenvalue weighted by atomic mass is 10.1. The van der Waals surface area contributed by atoms with Gasteiger partial charge in [0, 0.05) is 57.8 Å². The number of ether oxygens (including phenoxy) is 1. The smallest absolute Gasteiger partial charge is 0.163 e. The Hall–Kier alpha value is -4.56. The third-order valence-electron chi connectivity index (χ3n) is 6.85. The lowest BCUT2D eigenvalue weighted by Gasteiger charge is -2.08. The molecule has 0 saturated carbocycles. The third kappa shape index (κ3) is 7.45. The van der Waals surface area contributed by atoms with Crippen LogP contribution in [0.3, 0.4) is 0 Å². The van der Waals surface area contributed by atoms with Crippen molar-refractivity contribution in [2.45, 2.75) is 26.3 Å². The summed E-state index contributed by atoms with van der Waals surface area (Å²) in [7, 11) is 0. The van der Waals surface area contributed by atoms with Gasteiger partial charge in [-0.3, -0.25) is 0 Å². The van der Waals surface area contributed by atoms with Crippen LogP contribution in [0, 0.1) is 0 Å². The Balaban J connectivity index is 0.968.